The first-order chi connectivity index (χ1) is 10.1. The topological polar surface area (TPSA) is 44.1 Å². The quantitative estimate of drug-likeness (QED) is 0.818. The fourth-order valence-corrected chi connectivity index (χ4v) is 3.04. The summed E-state index contributed by atoms with van der Waals surface area (Å²) in [5.74, 6) is 0.649. The van der Waals surface area contributed by atoms with Crippen molar-refractivity contribution in [2.45, 2.75) is 37.6 Å². The number of benzene rings is 1. The summed E-state index contributed by atoms with van der Waals surface area (Å²) in [4.78, 5) is 17.6. The normalized spacial score (nSPS) is 23.6. The number of para-hydroxylation sites is 1. The minimum Gasteiger partial charge on any atom is -0.379 e. The molecule has 2 heterocycles. The Morgan fingerprint density at radius 2 is 2.24 bits per heavy atom. The van der Waals surface area contributed by atoms with Crippen molar-refractivity contribution in [2.24, 2.45) is 0 Å². The summed E-state index contributed by atoms with van der Waals surface area (Å²) in [6.45, 7) is 5.22. The molecule has 0 radical (unpaired) electrons. The number of halogens is 1. The molecular formula is C16H19ClN2O2. The van der Waals surface area contributed by atoms with Gasteiger partial charge in [0, 0.05) is 6.61 Å². The van der Waals surface area contributed by atoms with Gasteiger partial charge in [-0.3, -0.25) is 9.36 Å². The molecule has 0 spiro atoms. The van der Waals surface area contributed by atoms with E-state index in [1.807, 2.05) is 38.1 Å². The molecule has 0 saturated carbocycles. The number of nitrogens with zero attached hydrogens (tertiary/aromatic N) is 2. The number of aromatic nitrogens is 2. The van der Waals surface area contributed by atoms with Crippen LogP contribution < -0.4 is 5.56 Å². The lowest BCUT2D eigenvalue weighted by atomic mass is 10.00. The Labute approximate surface area is 128 Å². The molecule has 112 valence electrons. The van der Waals surface area contributed by atoms with Crippen LogP contribution >= 0.6 is 11.6 Å². The maximum Gasteiger partial charge on any atom is 0.262 e. The second kappa shape index (κ2) is 5.43. The first-order valence-corrected chi connectivity index (χ1v) is 7.74. The second-order valence-corrected chi connectivity index (χ2v) is 6.33. The second-order valence-electron chi connectivity index (χ2n) is 5.80. The summed E-state index contributed by atoms with van der Waals surface area (Å²) < 4.78 is 7.29. The average molecular weight is 307 g/mol. The summed E-state index contributed by atoms with van der Waals surface area (Å²) in [6, 6.07) is 7.43. The van der Waals surface area contributed by atoms with Gasteiger partial charge in [-0.1, -0.05) is 19.1 Å². The number of hydrogen-bond acceptors (Lipinski definition) is 3. The third-order valence-electron chi connectivity index (χ3n) is 4.18. The van der Waals surface area contributed by atoms with Gasteiger partial charge in [0.15, 0.2) is 0 Å². The van der Waals surface area contributed by atoms with E-state index in [9.17, 15) is 4.79 Å². The highest BCUT2D eigenvalue weighted by atomic mass is 35.5. The molecule has 2 unspecified atom stereocenters. The van der Waals surface area contributed by atoms with Crippen molar-refractivity contribution < 1.29 is 4.74 Å². The first kappa shape index (κ1) is 14.5. The maximum atomic E-state index is 13.0. The molecule has 1 saturated heterocycles. The molecule has 0 bridgehead atoms. The van der Waals surface area contributed by atoms with Crippen LogP contribution in [0.15, 0.2) is 29.1 Å². The van der Waals surface area contributed by atoms with E-state index in [2.05, 4.69) is 4.98 Å². The van der Waals surface area contributed by atoms with Crippen LogP contribution in [0.4, 0.5) is 0 Å². The van der Waals surface area contributed by atoms with E-state index in [-0.39, 0.29) is 16.5 Å². The van der Waals surface area contributed by atoms with Gasteiger partial charge < -0.3 is 4.74 Å². The third kappa shape index (κ3) is 2.36. The largest absolute Gasteiger partial charge is 0.379 e. The van der Waals surface area contributed by atoms with Gasteiger partial charge >= 0.3 is 0 Å². The summed E-state index contributed by atoms with van der Waals surface area (Å²) in [5.41, 5.74) is 0.309. The molecule has 1 aromatic carbocycles. The van der Waals surface area contributed by atoms with E-state index in [0.717, 1.165) is 12.8 Å². The van der Waals surface area contributed by atoms with E-state index in [1.165, 1.54) is 0 Å². The molecule has 21 heavy (non-hydrogen) atoms. The van der Waals surface area contributed by atoms with Crippen molar-refractivity contribution >= 4 is 22.5 Å². The average Bonchev–Trinajstić information content (AvgIpc) is 2.93. The van der Waals surface area contributed by atoms with E-state index in [1.54, 1.807) is 4.57 Å². The Bertz CT molecular complexity index is 720. The minimum atomic E-state index is -0.369. The first-order valence-electron chi connectivity index (χ1n) is 7.31. The van der Waals surface area contributed by atoms with Crippen molar-refractivity contribution in [3.63, 3.8) is 0 Å². The maximum absolute atomic E-state index is 13.0. The molecule has 1 aliphatic rings. The van der Waals surface area contributed by atoms with Crippen LogP contribution in [0.2, 0.25) is 0 Å². The lowest BCUT2D eigenvalue weighted by Gasteiger charge is -2.29. The molecule has 1 aromatic heterocycles. The lowest BCUT2D eigenvalue weighted by Crippen LogP contribution is -2.42. The number of rotatable bonds is 3. The monoisotopic (exact) mass is 306 g/mol. The number of alkyl halides is 1. The predicted molar refractivity (Wildman–Crippen MR) is 84.0 cm³/mol. The summed E-state index contributed by atoms with van der Waals surface area (Å²) in [6.07, 6.45) is 1.52. The minimum absolute atomic E-state index is 0.0253. The van der Waals surface area contributed by atoms with Crippen molar-refractivity contribution in [1.29, 1.82) is 0 Å². The van der Waals surface area contributed by atoms with E-state index < -0.39 is 0 Å². The molecule has 0 amide bonds. The molecule has 4 nitrogen and oxygen atoms in total. The molecule has 3 rings (SSSR count). The molecule has 0 aliphatic carbocycles. The van der Waals surface area contributed by atoms with Crippen LogP contribution in [0.1, 0.15) is 37.9 Å². The standard InChI is InChI=1S/C16H19ClN2O2/c1-3-12(17)14-18-13-7-5-4-6-11(13)15(20)19(14)16(2)8-9-21-10-16/h4-7,12H,3,8-10H2,1-2H3. The molecule has 1 fully saturated rings. The summed E-state index contributed by atoms with van der Waals surface area (Å²) >= 11 is 6.45. The van der Waals surface area contributed by atoms with Gasteiger partial charge in [-0.2, -0.15) is 0 Å². The van der Waals surface area contributed by atoms with Crippen LogP contribution in [0, 0.1) is 0 Å². The Kier molecular flexibility index (Phi) is 3.76. The van der Waals surface area contributed by atoms with Crippen LogP contribution in [-0.4, -0.2) is 22.8 Å². The molecule has 5 heteroatoms. The Morgan fingerprint density at radius 1 is 1.48 bits per heavy atom. The molecule has 0 N–H and O–H groups in total. The highest BCUT2D eigenvalue weighted by Gasteiger charge is 2.36. The van der Waals surface area contributed by atoms with Crippen LogP contribution in [0.25, 0.3) is 10.9 Å². The summed E-state index contributed by atoms with van der Waals surface area (Å²) in [5, 5.41) is 0.356. The van der Waals surface area contributed by atoms with Crippen molar-refractivity contribution in [3.8, 4) is 0 Å². The SMILES string of the molecule is CCC(Cl)c1nc2ccccc2c(=O)n1C1(C)CCOC1. The van der Waals surface area contributed by atoms with Gasteiger partial charge in [0.2, 0.25) is 0 Å². The zero-order chi connectivity index (χ0) is 15.0. The highest BCUT2D eigenvalue weighted by molar-refractivity contribution is 6.20. The Morgan fingerprint density at radius 3 is 2.90 bits per heavy atom. The van der Waals surface area contributed by atoms with Crippen LogP contribution in [0.5, 0.6) is 0 Å². The molecule has 2 atom stereocenters. The van der Waals surface area contributed by atoms with Gasteiger partial charge in [-0.15, -0.1) is 11.6 Å². The van der Waals surface area contributed by atoms with E-state index in [4.69, 9.17) is 16.3 Å². The summed E-state index contributed by atoms with van der Waals surface area (Å²) in [7, 11) is 0. The van der Waals surface area contributed by atoms with Crippen LogP contribution in [0.3, 0.4) is 0 Å². The number of fused-ring (bicyclic) bond motifs is 1. The molecule has 1 aliphatic heterocycles. The predicted octanol–water partition coefficient (Wildman–Crippen LogP) is 3.22. The van der Waals surface area contributed by atoms with Crippen molar-refractivity contribution in [2.75, 3.05) is 13.2 Å². The third-order valence-corrected chi connectivity index (χ3v) is 4.68. The van der Waals surface area contributed by atoms with Crippen molar-refractivity contribution in [3.05, 3.63) is 40.4 Å². The van der Waals surface area contributed by atoms with Gasteiger partial charge in [0.1, 0.15) is 5.82 Å². The van der Waals surface area contributed by atoms with Gasteiger partial charge in [-0.05, 0) is 31.9 Å². The smallest absolute Gasteiger partial charge is 0.262 e. The fraction of sp³-hybridized carbons (Fsp3) is 0.500. The van der Waals surface area contributed by atoms with Gasteiger partial charge in [0.05, 0.1) is 28.4 Å². The zero-order valence-corrected chi connectivity index (χ0v) is 13.1. The van der Waals surface area contributed by atoms with E-state index in [0.29, 0.717) is 29.9 Å². The fourth-order valence-electron chi connectivity index (χ4n) is 2.90. The number of hydrogen-bond donors (Lipinski definition) is 0. The molecular weight excluding hydrogens is 288 g/mol. The zero-order valence-electron chi connectivity index (χ0n) is 12.3. The van der Waals surface area contributed by atoms with Gasteiger partial charge in [-0.25, -0.2) is 4.98 Å². The lowest BCUT2D eigenvalue weighted by molar-refractivity contribution is 0.158. The molecule has 2 aromatic rings. The Hall–Kier alpha value is -1.39. The van der Waals surface area contributed by atoms with Crippen molar-refractivity contribution in [1.82, 2.24) is 9.55 Å². The number of ether oxygens (including phenoxy) is 1. The van der Waals surface area contributed by atoms with Crippen LogP contribution in [-0.2, 0) is 10.3 Å². The highest BCUT2D eigenvalue weighted by Crippen LogP contribution is 2.31. The van der Waals surface area contributed by atoms with Gasteiger partial charge in [0.25, 0.3) is 5.56 Å². The van der Waals surface area contributed by atoms with E-state index >= 15 is 0 Å². The Balaban J connectivity index is 2.34.